The van der Waals surface area contributed by atoms with E-state index < -0.39 is 6.10 Å². The summed E-state index contributed by atoms with van der Waals surface area (Å²) in [7, 11) is 1.64. The third-order valence-electron chi connectivity index (χ3n) is 1.53. The Morgan fingerprint density at radius 2 is 2.45 bits per heavy atom. The van der Waals surface area contributed by atoms with E-state index in [0.717, 1.165) is 5.56 Å². The van der Waals surface area contributed by atoms with Crippen molar-refractivity contribution in [3.8, 4) is 0 Å². The number of aliphatic hydroxyl groups is 1. The van der Waals surface area contributed by atoms with Crippen LogP contribution in [0.3, 0.4) is 0 Å². The SMILES string of the molecule is COCn1ccc(C(C)O)c1. The highest BCUT2D eigenvalue weighted by atomic mass is 16.5. The number of rotatable bonds is 3. The second-order valence-corrected chi connectivity index (χ2v) is 2.55. The first kappa shape index (κ1) is 8.30. The maximum Gasteiger partial charge on any atom is 0.121 e. The van der Waals surface area contributed by atoms with Crippen LogP contribution in [0, 0.1) is 0 Å². The number of aromatic nitrogens is 1. The van der Waals surface area contributed by atoms with Crippen LogP contribution in [-0.4, -0.2) is 16.8 Å². The third-order valence-corrected chi connectivity index (χ3v) is 1.53. The molecule has 0 saturated heterocycles. The van der Waals surface area contributed by atoms with Gasteiger partial charge in [-0.25, -0.2) is 0 Å². The molecule has 1 N–H and O–H groups in total. The Balaban J connectivity index is 2.66. The summed E-state index contributed by atoms with van der Waals surface area (Å²) in [5, 5.41) is 9.15. The Bertz CT molecular complexity index is 218. The molecule has 0 radical (unpaired) electrons. The predicted octanol–water partition coefficient (Wildman–Crippen LogP) is 1.15. The normalized spacial score (nSPS) is 13.4. The lowest BCUT2D eigenvalue weighted by molar-refractivity contribution is 0.131. The van der Waals surface area contributed by atoms with Gasteiger partial charge in [-0.15, -0.1) is 0 Å². The second kappa shape index (κ2) is 3.55. The van der Waals surface area contributed by atoms with Crippen molar-refractivity contribution in [2.75, 3.05) is 7.11 Å². The highest BCUT2D eigenvalue weighted by Crippen LogP contribution is 2.11. The fourth-order valence-electron chi connectivity index (χ4n) is 0.936. The summed E-state index contributed by atoms with van der Waals surface area (Å²) in [6.45, 7) is 2.28. The molecule has 0 fully saturated rings. The van der Waals surface area contributed by atoms with Crippen LogP contribution in [0.25, 0.3) is 0 Å². The first-order valence-electron chi connectivity index (χ1n) is 3.56. The van der Waals surface area contributed by atoms with Gasteiger partial charge in [0, 0.05) is 19.5 Å². The molecule has 0 aliphatic rings. The maximum atomic E-state index is 9.15. The number of hydrogen-bond acceptors (Lipinski definition) is 2. The highest BCUT2D eigenvalue weighted by Gasteiger charge is 2.01. The zero-order chi connectivity index (χ0) is 8.27. The topological polar surface area (TPSA) is 34.4 Å². The molecular formula is C8H13NO2. The summed E-state index contributed by atoms with van der Waals surface area (Å²) in [5.41, 5.74) is 0.919. The Labute approximate surface area is 66.2 Å². The monoisotopic (exact) mass is 155 g/mol. The van der Waals surface area contributed by atoms with Gasteiger partial charge in [-0.05, 0) is 18.6 Å². The largest absolute Gasteiger partial charge is 0.389 e. The van der Waals surface area contributed by atoms with Gasteiger partial charge in [-0.1, -0.05) is 0 Å². The van der Waals surface area contributed by atoms with Gasteiger partial charge >= 0.3 is 0 Å². The van der Waals surface area contributed by atoms with Crippen molar-refractivity contribution < 1.29 is 9.84 Å². The smallest absolute Gasteiger partial charge is 0.121 e. The van der Waals surface area contributed by atoms with Gasteiger partial charge in [0.2, 0.25) is 0 Å². The van der Waals surface area contributed by atoms with Crippen molar-refractivity contribution in [1.29, 1.82) is 0 Å². The van der Waals surface area contributed by atoms with E-state index in [0.29, 0.717) is 6.73 Å². The minimum absolute atomic E-state index is 0.395. The van der Waals surface area contributed by atoms with Crippen LogP contribution in [0.4, 0.5) is 0 Å². The first-order chi connectivity index (χ1) is 5.24. The Kier molecular flexibility index (Phi) is 2.68. The fourth-order valence-corrected chi connectivity index (χ4v) is 0.936. The van der Waals surface area contributed by atoms with Crippen molar-refractivity contribution in [1.82, 2.24) is 4.57 Å². The molecule has 1 atom stereocenters. The molecule has 0 aromatic carbocycles. The summed E-state index contributed by atoms with van der Waals surface area (Å²) in [4.78, 5) is 0. The standard InChI is InChI=1S/C8H13NO2/c1-7(10)8-3-4-9(5-8)6-11-2/h3-5,7,10H,6H2,1-2H3. The molecule has 11 heavy (non-hydrogen) atoms. The summed E-state index contributed by atoms with van der Waals surface area (Å²) in [5.74, 6) is 0. The lowest BCUT2D eigenvalue weighted by Crippen LogP contribution is -1.96. The summed E-state index contributed by atoms with van der Waals surface area (Å²) in [6.07, 6.45) is 3.35. The lowest BCUT2D eigenvalue weighted by Gasteiger charge is -2.00. The zero-order valence-electron chi connectivity index (χ0n) is 6.82. The van der Waals surface area contributed by atoms with E-state index in [1.165, 1.54) is 0 Å². The molecule has 62 valence electrons. The molecule has 0 spiro atoms. The Morgan fingerprint density at radius 3 is 2.91 bits per heavy atom. The van der Waals surface area contributed by atoms with E-state index in [2.05, 4.69) is 0 Å². The van der Waals surface area contributed by atoms with E-state index in [1.54, 1.807) is 14.0 Å². The molecule has 0 saturated carbocycles. The van der Waals surface area contributed by atoms with Crippen molar-refractivity contribution in [2.24, 2.45) is 0 Å². The predicted molar refractivity (Wildman–Crippen MR) is 42.1 cm³/mol. The van der Waals surface area contributed by atoms with Crippen molar-refractivity contribution in [3.05, 3.63) is 24.0 Å². The number of ether oxygens (including phenoxy) is 1. The van der Waals surface area contributed by atoms with Gasteiger partial charge in [0.05, 0.1) is 6.10 Å². The van der Waals surface area contributed by atoms with E-state index in [1.807, 2.05) is 23.0 Å². The molecule has 3 heteroatoms. The molecule has 1 unspecified atom stereocenters. The van der Waals surface area contributed by atoms with Crippen molar-refractivity contribution >= 4 is 0 Å². The second-order valence-electron chi connectivity index (χ2n) is 2.55. The van der Waals surface area contributed by atoms with Crippen LogP contribution in [0.5, 0.6) is 0 Å². The molecule has 0 amide bonds. The van der Waals surface area contributed by atoms with Gasteiger partial charge in [-0.2, -0.15) is 0 Å². The van der Waals surface area contributed by atoms with Crippen LogP contribution in [0.1, 0.15) is 18.6 Å². The van der Waals surface area contributed by atoms with Gasteiger partial charge in [0.25, 0.3) is 0 Å². The van der Waals surface area contributed by atoms with E-state index >= 15 is 0 Å². The fraction of sp³-hybridized carbons (Fsp3) is 0.500. The molecule has 3 nitrogen and oxygen atoms in total. The van der Waals surface area contributed by atoms with Gasteiger partial charge in [0.1, 0.15) is 6.73 Å². The Hall–Kier alpha value is -0.800. The minimum atomic E-state index is -0.395. The number of aliphatic hydroxyl groups excluding tert-OH is 1. The summed E-state index contributed by atoms with van der Waals surface area (Å²) in [6, 6.07) is 1.88. The molecule has 1 aromatic heterocycles. The average Bonchev–Trinajstić information content (AvgIpc) is 2.37. The van der Waals surface area contributed by atoms with Crippen LogP contribution in [0.15, 0.2) is 18.5 Å². The summed E-state index contributed by atoms with van der Waals surface area (Å²) < 4.78 is 6.78. The minimum Gasteiger partial charge on any atom is -0.389 e. The van der Waals surface area contributed by atoms with Crippen LogP contribution in [-0.2, 0) is 11.5 Å². The molecule has 1 aromatic rings. The first-order valence-corrected chi connectivity index (χ1v) is 3.56. The van der Waals surface area contributed by atoms with Crippen LogP contribution < -0.4 is 0 Å². The van der Waals surface area contributed by atoms with E-state index in [-0.39, 0.29) is 0 Å². The molecule has 0 aliphatic heterocycles. The molecule has 1 heterocycles. The van der Waals surface area contributed by atoms with Crippen molar-refractivity contribution in [2.45, 2.75) is 19.8 Å². The summed E-state index contributed by atoms with van der Waals surface area (Å²) >= 11 is 0. The van der Waals surface area contributed by atoms with Crippen LogP contribution >= 0.6 is 0 Å². The number of nitrogens with zero attached hydrogens (tertiary/aromatic N) is 1. The highest BCUT2D eigenvalue weighted by molar-refractivity contribution is 5.12. The number of hydrogen-bond donors (Lipinski definition) is 1. The van der Waals surface area contributed by atoms with Crippen molar-refractivity contribution in [3.63, 3.8) is 0 Å². The Morgan fingerprint density at radius 1 is 1.73 bits per heavy atom. The van der Waals surface area contributed by atoms with Gasteiger partial charge < -0.3 is 14.4 Å². The van der Waals surface area contributed by atoms with E-state index in [4.69, 9.17) is 9.84 Å². The lowest BCUT2D eigenvalue weighted by atomic mass is 10.2. The quantitative estimate of drug-likeness (QED) is 0.710. The van der Waals surface area contributed by atoms with Gasteiger partial charge in [-0.3, -0.25) is 0 Å². The van der Waals surface area contributed by atoms with E-state index in [9.17, 15) is 0 Å². The number of methoxy groups -OCH3 is 1. The zero-order valence-corrected chi connectivity index (χ0v) is 6.82. The molecule has 1 rings (SSSR count). The molecular weight excluding hydrogens is 142 g/mol. The third kappa shape index (κ3) is 2.06. The van der Waals surface area contributed by atoms with Gasteiger partial charge in [0.15, 0.2) is 0 Å². The maximum absolute atomic E-state index is 9.15. The van der Waals surface area contributed by atoms with Crippen LogP contribution in [0.2, 0.25) is 0 Å². The average molecular weight is 155 g/mol. The molecule has 0 bridgehead atoms. The molecule has 0 aliphatic carbocycles.